The van der Waals surface area contributed by atoms with Crippen LogP contribution in [0.15, 0.2) is 18.2 Å². The van der Waals surface area contributed by atoms with Gasteiger partial charge in [0.25, 0.3) is 0 Å². The van der Waals surface area contributed by atoms with E-state index in [0.29, 0.717) is 25.1 Å². The highest BCUT2D eigenvalue weighted by Gasteiger charge is 2.24. The number of benzene rings is 1. The van der Waals surface area contributed by atoms with Gasteiger partial charge >= 0.3 is 0 Å². The topological polar surface area (TPSA) is 24.5 Å². The first-order valence-electron chi connectivity index (χ1n) is 7.86. The summed E-state index contributed by atoms with van der Waals surface area (Å²) in [6.07, 6.45) is 2.38. The van der Waals surface area contributed by atoms with E-state index in [-0.39, 0.29) is 5.82 Å². The number of anilines is 1. The van der Waals surface area contributed by atoms with E-state index in [1.54, 1.807) is 13.2 Å². The summed E-state index contributed by atoms with van der Waals surface area (Å²) in [5, 5.41) is 3.24. The van der Waals surface area contributed by atoms with Gasteiger partial charge in [0.1, 0.15) is 5.82 Å². The van der Waals surface area contributed by atoms with Crippen molar-refractivity contribution in [3.63, 3.8) is 0 Å². The van der Waals surface area contributed by atoms with Crippen LogP contribution in [0.1, 0.15) is 32.3 Å². The summed E-state index contributed by atoms with van der Waals surface area (Å²) in [5.41, 5.74) is 1.72. The Morgan fingerprint density at radius 3 is 2.86 bits per heavy atom. The van der Waals surface area contributed by atoms with E-state index in [2.05, 4.69) is 24.1 Å². The molecule has 0 spiro atoms. The van der Waals surface area contributed by atoms with Crippen LogP contribution in [0.2, 0.25) is 0 Å². The Hall–Kier alpha value is -1.13. The Morgan fingerprint density at radius 2 is 2.14 bits per heavy atom. The Balaban J connectivity index is 2.01. The monoisotopic (exact) mass is 294 g/mol. The highest BCUT2D eigenvalue weighted by Crippen LogP contribution is 2.29. The lowest BCUT2D eigenvalue weighted by atomic mass is 9.94. The molecule has 0 bridgehead atoms. The first-order valence-corrected chi connectivity index (χ1v) is 7.86. The van der Waals surface area contributed by atoms with E-state index in [0.717, 1.165) is 30.8 Å². The van der Waals surface area contributed by atoms with Gasteiger partial charge in [-0.2, -0.15) is 0 Å². The molecular weight excluding hydrogens is 267 g/mol. The summed E-state index contributed by atoms with van der Waals surface area (Å²) < 4.78 is 19.4. The number of nitrogens with zero attached hydrogens (tertiary/aromatic N) is 1. The van der Waals surface area contributed by atoms with Gasteiger partial charge in [-0.25, -0.2) is 4.39 Å². The van der Waals surface area contributed by atoms with Crippen LogP contribution in [-0.2, 0) is 11.3 Å². The van der Waals surface area contributed by atoms with Crippen LogP contribution in [0, 0.1) is 11.7 Å². The molecule has 1 aromatic carbocycles. The van der Waals surface area contributed by atoms with Crippen molar-refractivity contribution in [2.24, 2.45) is 5.92 Å². The van der Waals surface area contributed by atoms with E-state index in [9.17, 15) is 4.39 Å². The van der Waals surface area contributed by atoms with Crippen LogP contribution < -0.4 is 10.2 Å². The van der Waals surface area contributed by atoms with Gasteiger partial charge in [-0.1, -0.05) is 13.0 Å². The maximum atomic E-state index is 14.4. The second-order valence-electron chi connectivity index (χ2n) is 6.14. The molecule has 1 saturated heterocycles. The number of halogens is 1. The van der Waals surface area contributed by atoms with Gasteiger partial charge in [-0.15, -0.1) is 0 Å². The fraction of sp³-hybridized carbons (Fsp3) is 0.647. The van der Waals surface area contributed by atoms with Crippen LogP contribution in [0.3, 0.4) is 0 Å². The largest absolute Gasteiger partial charge is 0.383 e. The molecule has 1 fully saturated rings. The average Bonchev–Trinajstić information content (AvgIpc) is 2.47. The van der Waals surface area contributed by atoms with E-state index in [4.69, 9.17) is 4.74 Å². The highest BCUT2D eigenvalue weighted by atomic mass is 19.1. The predicted octanol–water partition coefficient (Wildman–Crippen LogP) is 3.19. The molecule has 2 unspecified atom stereocenters. The minimum atomic E-state index is -0.109. The number of methoxy groups -OCH3 is 1. The van der Waals surface area contributed by atoms with Crippen LogP contribution in [-0.4, -0.2) is 32.8 Å². The maximum Gasteiger partial charge on any atom is 0.146 e. The predicted molar refractivity (Wildman–Crippen MR) is 85.2 cm³/mol. The first kappa shape index (κ1) is 16.2. The van der Waals surface area contributed by atoms with Crippen molar-refractivity contribution in [3.05, 3.63) is 29.6 Å². The molecule has 4 heteroatoms. The molecule has 0 aliphatic carbocycles. The maximum absolute atomic E-state index is 14.4. The van der Waals surface area contributed by atoms with Crippen molar-refractivity contribution < 1.29 is 9.13 Å². The van der Waals surface area contributed by atoms with Gasteiger partial charge in [0.05, 0.1) is 12.3 Å². The van der Waals surface area contributed by atoms with Crippen LogP contribution in [0.5, 0.6) is 0 Å². The summed E-state index contributed by atoms with van der Waals surface area (Å²) in [6, 6.07) is 6.02. The third-order valence-corrected chi connectivity index (χ3v) is 4.25. The molecule has 3 nitrogen and oxygen atoms in total. The molecule has 21 heavy (non-hydrogen) atoms. The van der Waals surface area contributed by atoms with Gasteiger partial charge in [-0.05, 0) is 43.4 Å². The number of hydrogen-bond acceptors (Lipinski definition) is 3. The Morgan fingerprint density at radius 1 is 1.33 bits per heavy atom. The van der Waals surface area contributed by atoms with Gasteiger partial charge in [-0.3, -0.25) is 0 Å². The number of nitrogens with one attached hydrogen (secondary N) is 1. The fourth-order valence-corrected chi connectivity index (χ4v) is 2.92. The fourth-order valence-electron chi connectivity index (χ4n) is 2.92. The summed E-state index contributed by atoms with van der Waals surface area (Å²) in [5.74, 6) is 0.526. The van der Waals surface area contributed by atoms with E-state index in [1.165, 1.54) is 6.42 Å². The van der Waals surface area contributed by atoms with Crippen molar-refractivity contribution in [1.29, 1.82) is 0 Å². The summed E-state index contributed by atoms with van der Waals surface area (Å²) in [7, 11) is 1.68. The SMILES string of the molecule is COCCNCc1ccc(N2CC(C)CCC2C)c(F)c1. The van der Waals surface area contributed by atoms with Crippen LogP contribution in [0.25, 0.3) is 0 Å². The Bertz CT molecular complexity index is 452. The number of piperidine rings is 1. The quantitative estimate of drug-likeness (QED) is 0.816. The average molecular weight is 294 g/mol. The summed E-state index contributed by atoms with van der Waals surface area (Å²) in [4.78, 5) is 2.21. The lowest BCUT2D eigenvalue weighted by molar-refractivity contribution is 0.199. The molecule has 1 aliphatic rings. The summed E-state index contributed by atoms with van der Waals surface area (Å²) >= 11 is 0. The second kappa shape index (κ2) is 7.76. The molecular formula is C17H27FN2O. The Kier molecular flexibility index (Phi) is 6.00. The zero-order valence-corrected chi connectivity index (χ0v) is 13.4. The van der Waals surface area contributed by atoms with Crippen molar-refractivity contribution >= 4 is 5.69 Å². The minimum Gasteiger partial charge on any atom is -0.383 e. The third kappa shape index (κ3) is 4.42. The molecule has 1 aromatic rings. The van der Waals surface area contributed by atoms with E-state index >= 15 is 0 Å². The molecule has 0 aromatic heterocycles. The molecule has 2 rings (SSSR count). The number of rotatable bonds is 6. The molecule has 1 heterocycles. The highest BCUT2D eigenvalue weighted by molar-refractivity contribution is 5.50. The smallest absolute Gasteiger partial charge is 0.146 e. The molecule has 1 aliphatic heterocycles. The van der Waals surface area contributed by atoms with E-state index in [1.807, 2.05) is 12.1 Å². The van der Waals surface area contributed by atoms with Gasteiger partial charge in [0, 0.05) is 32.8 Å². The minimum absolute atomic E-state index is 0.109. The number of ether oxygens (including phenoxy) is 1. The molecule has 0 saturated carbocycles. The molecule has 2 atom stereocenters. The van der Waals surface area contributed by atoms with Crippen molar-refractivity contribution in [1.82, 2.24) is 5.32 Å². The molecule has 0 amide bonds. The second-order valence-corrected chi connectivity index (χ2v) is 6.14. The van der Waals surface area contributed by atoms with Crippen molar-refractivity contribution in [3.8, 4) is 0 Å². The van der Waals surface area contributed by atoms with Gasteiger partial charge in [0.2, 0.25) is 0 Å². The normalized spacial score (nSPS) is 22.6. The third-order valence-electron chi connectivity index (χ3n) is 4.25. The molecule has 0 radical (unpaired) electrons. The summed E-state index contributed by atoms with van der Waals surface area (Å²) in [6.45, 7) is 7.50. The van der Waals surface area contributed by atoms with Crippen molar-refractivity contribution in [2.75, 3.05) is 31.7 Å². The molecule has 1 N–H and O–H groups in total. The zero-order valence-electron chi connectivity index (χ0n) is 13.4. The lowest BCUT2D eigenvalue weighted by Gasteiger charge is -2.38. The van der Waals surface area contributed by atoms with E-state index < -0.39 is 0 Å². The Labute approximate surface area is 127 Å². The van der Waals surface area contributed by atoms with Gasteiger partial charge in [0.15, 0.2) is 0 Å². The van der Waals surface area contributed by atoms with Crippen LogP contribution >= 0.6 is 0 Å². The van der Waals surface area contributed by atoms with Crippen LogP contribution in [0.4, 0.5) is 10.1 Å². The zero-order chi connectivity index (χ0) is 15.2. The molecule has 118 valence electrons. The van der Waals surface area contributed by atoms with Crippen molar-refractivity contribution in [2.45, 2.75) is 39.3 Å². The standard InChI is InChI=1S/C17H27FN2O/c1-13-4-5-14(2)20(12-13)17-7-6-15(10-16(17)18)11-19-8-9-21-3/h6-7,10,13-14,19H,4-5,8-9,11-12H2,1-3H3. The number of hydrogen-bond donors (Lipinski definition) is 1. The first-order chi connectivity index (χ1) is 10.1. The van der Waals surface area contributed by atoms with Gasteiger partial charge < -0.3 is 15.0 Å². The lowest BCUT2D eigenvalue weighted by Crippen LogP contribution is -2.41.